The highest BCUT2D eigenvalue weighted by Gasteiger charge is 2.19. The summed E-state index contributed by atoms with van der Waals surface area (Å²) in [5.41, 5.74) is 1.31. The van der Waals surface area contributed by atoms with Gasteiger partial charge in [0.15, 0.2) is 11.5 Å². The fourth-order valence-corrected chi connectivity index (χ4v) is 3.10. The molecule has 1 saturated heterocycles. The van der Waals surface area contributed by atoms with Crippen molar-refractivity contribution < 1.29 is 9.47 Å². The lowest BCUT2D eigenvalue weighted by atomic mass is 10.0. The zero-order valence-electron chi connectivity index (χ0n) is 9.67. The minimum atomic E-state index is 0.615. The molecule has 3 rings (SSSR count). The van der Waals surface area contributed by atoms with Crippen molar-refractivity contribution in [2.24, 2.45) is 0 Å². The molecular formula is C13H16BrNO2. The monoisotopic (exact) mass is 297 g/mol. The predicted molar refractivity (Wildman–Crippen MR) is 69.9 cm³/mol. The fourth-order valence-electron chi connectivity index (χ4n) is 2.50. The molecule has 0 amide bonds. The summed E-state index contributed by atoms with van der Waals surface area (Å²) in [4.78, 5) is 0. The Morgan fingerprint density at radius 1 is 1.29 bits per heavy atom. The van der Waals surface area contributed by atoms with Crippen molar-refractivity contribution in [3.8, 4) is 11.5 Å². The highest BCUT2D eigenvalue weighted by Crippen LogP contribution is 2.38. The molecule has 0 bridgehead atoms. The number of halogens is 1. The Bertz CT molecular complexity index is 416. The molecule has 1 unspecified atom stereocenters. The average Bonchev–Trinajstić information content (AvgIpc) is 2.82. The average molecular weight is 298 g/mol. The summed E-state index contributed by atoms with van der Waals surface area (Å²) in [5, 5.41) is 3.52. The molecule has 3 nitrogen and oxygen atoms in total. The summed E-state index contributed by atoms with van der Waals surface area (Å²) >= 11 is 3.56. The first-order valence-corrected chi connectivity index (χ1v) is 6.93. The molecule has 4 heteroatoms. The third-order valence-electron chi connectivity index (χ3n) is 3.30. The maximum atomic E-state index is 5.63. The Balaban J connectivity index is 1.82. The fraction of sp³-hybridized carbons (Fsp3) is 0.538. The molecule has 2 aliphatic heterocycles. The number of hydrogen-bond acceptors (Lipinski definition) is 3. The summed E-state index contributed by atoms with van der Waals surface area (Å²) in [6, 6.07) is 4.87. The largest absolute Gasteiger partial charge is 0.486 e. The lowest BCUT2D eigenvalue weighted by molar-refractivity contribution is 0.170. The van der Waals surface area contributed by atoms with Gasteiger partial charge in [-0.3, -0.25) is 0 Å². The second-order valence-corrected chi connectivity index (χ2v) is 5.45. The Morgan fingerprint density at radius 2 is 2.18 bits per heavy atom. The van der Waals surface area contributed by atoms with Gasteiger partial charge in [0, 0.05) is 6.04 Å². The van der Waals surface area contributed by atoms with Gasteiger partial charge in [-0.15, -0.1) is 0 Å². The Labute approximate surface area is 110 Å². The summed E-state index contributed by atoms with van der Waals surface area (Å²) in [7, 11) is 0. The van der Waals surface area contributed by atoms with Gasteiger partial charge in [0.2, 0.25) is 0 Å². The molecule has 0 aromatic heterocycles. The van der Waals surface area contributed by atoms with Crippen molar-refractivity contribution in [3.63, 3.8) is 0 Å². The van der Waals surface area contributed by atoms with E-state index in [0.717, 1.165) is 28.9 Å². The number of rotatable bonds is 2. The van der Waals surface area contributed by atoms with Crippen LogP contribution in [-0.2, 0) is 6.42 Å². The van der Waals surface area contributed by atoms with Crippen molar-refractivity contribution >= 4 is 15.9 Å². The molecule has 1 N–H and O–H groups in total. The molecule has 1 aromatic rings. The van der Waals surface area contributed by atoms with Crippen LogP contribution in [-0.4, -0.2) is 25.8 Å². The van der Waals surface area contributed by atoms with E-state index in [1.165, 1.54) is 18.4 Å². The Morgan fingerprint density at radius 3 is 3.00 bits per heavy atom. The van der Waals surface area contributed by atoms with E-state index >= 15 is 0 Å². The van der Waals surface area contributed by atoms with Crippen LogP contribution in [0.25, 0.3) is 0 Å². The van der Waals surface area contributed by atoms with Gasteiger partial charge in [0.25, 0.3) is 0 Å². The normalized spacial score (nSPS) is 22.8. The second kappa shape index (κ2) is 4.86. The SMILES string of the molecule is Brc1cc(CC2CCCN2)cc2c1OCCO2. The smallest absolute Gasteiger partial charge is 0.175 e. The third kappa shape index (κ3) is 2.43. The van der Waals surface area contributed by atoms with Gasteiger partial charge < -0.3 is 14.8 Å². The molecule has 2 heterocycles. The topological polar surface area (TPSA) is 30.5 Å². The summed E-state index contributed by atoms with van der Waals surface area (Å²) in [5.74, 6) is 1.72. The first-order chi connectivity index (χ1) is 8.33. The minimum absolute atomic E-state index is 0.615. The van der Waals surface area contributed by atoms with Crippen LogP contribution >= 0.6 is 15.9 Å². The van der Waals surface area contributed by atoms with E-state index in [4.69, 9.17) is 9.47 Å². The van der Waals surface area contributed by atoms with Crippen LogP contribution in [0.15, 0.2) is 16.6 Å². The third-order valence-corrected chi connectivity index (χ3v) is 3.89. The highest BCUT2D eigenvalue weighted by molar-refractivity contribution is 9.10. The van der Waals surface area contributed by atoms with Crippen molar-refractivity contribution in [2.45, 2.75) is 25.3 Å². The van der Waals surface area contributed by atoms with Crippen LogP contribution in [0.5, 0.6) is 11.5 Å². The zero-order valence-corrected chi connectivity index (χ0v) is 11.3. The molecule has 0 aliphatic carbocycles. The van der Waals surface area contributed by atoms with E-state index in [1.807, 2.05) is 0 Å². The van der Waals surface area contributed by atoms with Crippen LogP contribution in [0.3, 0.4) is 0 Å². The van der Waals surface area contributed by atoms with E-state index in [9.17, 15) is 0 Å². The summed E-state index contributed by atoms with van der Waals surface area (Å²) in [6.45, 7) is 2.43. The number of benzene rings is 1. The first-order valence-electron chi connectivity index (χ1n) is 6.14. The minimum Gasteiger partial charge on any atom is -0.486 e. The molecule has 0 radical (unpaired) electrons. The maximum Gasteiger partial charge on any atom is 0.175 e. The van der Waals surface area contributed by atoms with Gasteiger partial charge in [-0.1, -0.05) is 0 Å². The van der Waals surface area contributed by atoms with Gasteiger partial charge in [0.05, 0.1) is 4.47 Å². The van der Waals surface area contributed by atoms with Crippen LogP contribution in [0, 0.1) is 0 Å². The lowest BCUT2D eigenvalue weighted by Crippen LogP contribution is -2.24. The van der Waals surface area contributed by atoms with E-state index in [1.54, 1.807) is 0 Å². The van der Waals surface area contributed by atoms with E-state index < -0.39 is 0 Å². The molecule has 1 fully saturated rings. The Hall–Kier alpha value is -0.740. The molecule has 2 aliphatic rings. The predicted octanol–water partition coefficient (Wildman–Crippen LogP) is 2.51. The standard InChI is InChI=1S/C13H16BrNO2/c14-11-7-9(6-10-2-1-3-15-10)8-12-13(11)17-5-4-16-12/h7-8,10,15H,1-6H2. The van der Waals surface area contributed by atoms with Crippen LogP contribution in [0.4, 0.5) is 0 Å². The lowest BCUT2D eigenvalue weighted by Gasteiger charge is -2.21. The molecule has 92 valence electrons. The van der Waals surface area contributed by atoms with Crippen LogP contribution in [0.1, 0.15) is 18.4 Å². The summed E-state index contributed by atoms with van der Waals surface area (Å²) in [6.07, 6.45) is 3.62. The van der Waals surface area contributed by atoms with Gasteiger partial charge in [-0.05, 0) is 59.4 Å². The zero-order chi connectivity index (χ0) is 11.7. The van der Waals surface area contributed by atoms with Gasteiger partial charge in [-0.2, -0.15) is 0 Å². The molecule has 1 atom stereocenters. The van der Waals surface area contributed by atoms with Crippen LogP contribution < -0.4 is 14.8 Å². The molecular weight excluding hydrogens is 282 g/mol. The van der Waals surface area contributed by atoms with Crippen LogP contribution in [0.2, 0.25) is 0 Å². The summed E-state index contributed by atoms with van der Waals surface area (Å²) < 4.78 is 12.2. The van der Waals surface area contributed by atoms with Gasteiger partial charge >= 0.3 is 0 Å². The molecule has 0 spiro atoms. The first kappa shape index (κ1) is 11.4. The molecule has 1 aromatic carbocycles. The quantitative estimate of drug-likeness (QED) is 0.910. The van der Waals surface area contributed by atoms with Crippen molar-refractivity contribution in [3.05, 3.63) is 22.2 Å². The van der Waals surface area contributed by atoms with E-state index in [2.05, 4.69) is 33.4 Å². The van der Waals surface area contributed by atoms with Gasteiger partial charge in [-0.25, -0.2) is 0 Å². The number of ether oxygens (including phenoxy) is 2. The second-order valence-electron chi connectivity index (χ2n) is 4.60. The van der Waals surface area contributed by atoms with E-state index in [-0.39, 0.29) is 0 Å². The number of nitrogens with one attached hydrogen (secondary N) is 1. The highest BCUT2D eigenvalue weighted by atomic mass is 79.9. The maximum absolute atomic E-state index is 5.63. The van der Waals surface area contributed by atoms with Crippen molar-refractivity contribution in [1.82, 2.24) is 5.32 Å². The molecule has 0 saturated carbocycles. The van der Waals surface area contributed by atoms with Crippen molar-refractivity contribution in [2.75, 3.05) is 19.8 Å². The van der Waals surface area contributed by atoms with Gasteiger partial charge in [0.1, 0.15) is 13.2 Å². The molecule has 17 heavy (non-hydrogen) atoms. The number of fused-ring (bicyclic) bond motifs is 1. The van der Waals surface area contributed by atoms with Crippen molar-refractivity contribution in [1.29, 1.82) is 0 Å². The van der Waals surface area contributed by atoms with E-state index in [0.29, 0.717) is 19.3 Å². The number of hydrogen-bond donors (Lipinski definition) is 1. The Kier molecular flexibility index (Phi) is 3.25.